The summed E-state index contributed by atoms with van der Waals surface area (Å²) in [4.78, 5) is 27.8. The highest BCUT2D eigenvalue weighted by Crippen LogP contribution is 2.30. The summed E-state index contributed by atoms with van der Waals surface area (Å²) in [7, 11) is 0. The first-order valence-electron chi connectivity index (χ1n) is 8.57. The number of imide groups is 1. The van der Waals surface area contributed by atoms with Gasteiger partial charge >= 0.3 is 6.09 Å². The van der Waals surface area contributed by atoms with Crippen LogP contribution in [0.25, 0.3) is 16.9 Å². The zero-order valence-corrected chi connectivity index (χ0v) is 16.7. The van der Waals surface area contributed by atoms with E-state index >= 15 is 0 Å². The predicted octanol–water partition coefficient (Wildman–Crippen LogP) is 4.56. The number of benzene rings is 2. The minimum Gasteiger partial charge on any atom is -0.450 e. The minimum atomic E-state index is -0.753. The van der Waals surface area contributed by atoms with Crippen LogP contribution in [0.5, 0.6) is 0 Å². The molecule has 2 aromatic carbocycles. The van der Waals surface area contributed by atoms with Crippen LogP contribution >= 0.6 is 23.4 Å². The zero-order chi connectivity index (χ0) is 19.9. The molecule has 0 saturated carbocycles. The van der Waals surface area contributed by atoms with E-state index in [1.807, 2.05) is 53.1 Å². The van der Waals surface area contributed by atoms with Crippen molar-refractivity contribution in [1.82, 2.24) is 14.9 Å². The number of ether oxygens (including phenoxy) is 1. The summed E-state index contributed by atoms with van der Waals surface area (Å²) in [5, 5.41) is 3.39. The average molecular weight is 416 g/mol. The van der Waals surface area contributed by atoms with E-state index in [4.69, 9.17) is 16.3 Å². The summed E-state index contributed by atoms with van der Waals surface area (Å²) in [6.45, 7) is 1.87. The Labute approximate surface area is 171 Å². The number of nitrogens with one attached hydrogen (secondary N) is 1. The van der Waals surface area contributed by atoms with Crippen LogP contribution in [0.2, 0.25) is 5.02 Å². The van der Waals surface area contributed by atoms with Crippen LogP contribution in [0.4, 0.5) is 4.79 Å². The largest absolute Gasteiger partial charge is 0.450 e. The molecule has 0 aliphatic heterocycles. The molecule has 0 spiro atoms. The topological polar surface area (TPSA) is 73.2 Å². The predicted molar refractivity (Wildman–Crippen MR) is 110 cm³/mol. The third kappa shape index (κ3) is 4.94. The maximum absolute atomic E-state index is 12.0. The third-order valence-corrected chi connectivity index (χ3v) is 4.90. The second-order valence-corrected chi connectivity index (χ2v) is 7.04. The van der Waals surface area contributed by atoms with Gasteiger partial charge in [-0.05, 0) is 25.1 Å². The second kappa shape index (κ2) is 9.43. The van der Waals surface area contributed by atoms with E-state index in [9.17, 15) is 9.59 Å². The summed E-state index contributed by atoms with van der Waals surface area (Å²) in [5.41, 5.74) is 2.69. The van der Waals surface area contributed by atoms with E-state index < -0.39 is 12.0 Å². The minimum absolute atomic E-state index is 0.0185. The van der Waals surface area contributed by atoms with Gasteiger partial charge in [-0.2, -0.15) is 0 Å². The van der Waals surface area contributed by atoms with Gasteiger partial charge < -0.3 is 4.74 Å². The molecule has 28 heavy (non-hydrogen) atoms. The molecule has 1 heterocycles. The monoisotopic (exact) mass is 415 g/mol. The van der Waals surface area contributed by atoms with Gasteiger partial charge in [-0.25, -0.2) is 9.78 Å². The molecule has 2 amide bonds. The van der Waals surface area contributed by atoms with Gasteiger partial charge in [-0.1, -0.05) is 59.8 Å². The Hall–Kier alpha value is -2.77. The number of thioether (sulfide) groups is 1. The van der Waals surface area contributed by atoms with E-state index in [-0.39, 0.29) is 12.4 Å². The molecule has 0 saturated heterocycles. The molecule has 8 heteroatoms. The fourth-order valence-electron chi connectivity index (χ4n) is 2.56. The van der Waals surface area contributed by atoms with Crippen molar-refractivity contribution in [2.24, 2.45) is 0 Å². The van der Waals surface area contributed by atoms with Gasteiger partial charge in [-0.15, -0.1) is 0 Å². The Bertz CT molecular complexity index is 976. The van der Waals surface area contributed by atoms with Gasteiger partial charge in [0, 0.05) is 16.3 Å². The van der Waals surface area contributed by atoms with Crippen LogP contribution in [-0.4, -0.2) is 33.9 Å². The van der Waals surface area contributed by atoms with Crippen molar-refractivity contribution >= 4 is 35.4 Å². The highest BCUT2D eigenvalue weighted by Gasteiger charge is 2.16. The second-order valence-electron chi connectivity index (χ2n) is 5.66. The summed E-state index contributed by atoms with van der Waals surface area (Å²) >= 11 is 7.39. The standard InChI is InChI=1S/C20H18ClN3O3S/c1-2-27-20(26)23-18(25)13-28-19-22-12-17(14-7-4-3-5-8-14)24(19)16-10-6-9-15(21)11-16/h3-12H,2,13H2,1H3,(H,23,25,26). The summed E-state index contributed by atoms with van der Waals surface area (Å²) < 4.78 is 6.65. The van der Waals surface area contributed by atoms with Gasteiger partial charge in [0.05, 0.1) is 24.3 Å². The Morgan fingerprint density at radius 3 is 2.68 bits per heavy atom. The van der Waals surface area contributed by atoms with Crippen molar-refractivity contribution in [2.75, 3.05) is 12.4 Å². The number of carbonyl (C=O) groups excluding carboxylic acids is 2. The quantitative estimate of drug-likeness (QED) is 0.597. The number of amides is 2. The SMILES string of the molecule is CCOC(=O)NC(=O)CSc1ncc(-c2ccccc2)n1-c1cccc(Cl)c1. The fraction of sp³-hybridized carbons (Fsp3) is 0.150. The maximum atomic E-state index is 12.0. The molecule has 0 fully saturated rings. The van der Waals surface area contributed by atoms with E-state index in [0.29, 0.717) is 10.2 Å². The Kier molecular flexibility index (Phi) is 6.73. The fourth-order valence-corrected chi connectivity index (χ4v) is 3.54. The third-order valence-electron chi connectivity index (χ3n) is 3.71. The van der Waals surface area contributed by atoms with Gasteiger partial charge in [0.15, 0.2) is 5.16 Å². The number of halogens is 1. The average Bonchev–Trinajstić information content (AvgIpc) is 3.11. The lowest BCUT2D eigenvalue weighted by molar-refractivity contribution is -0.117. The van der Waals surface area contributed by atoms with Crippen molar-refractivity contribution in [2.45, 2.75) is 12.1 Å². The van der Waals surface area contributed by atoms with Crippen molar-refractivity contribution in [1.29, 1.82) is 0 Å². The van der Waals surface area contributed by atoms with Crippen LogP contribution < -0.4 is 5.32 Å². The van der Waals surface area contributed by atoms with E-state index in [0.717, 1.165) is 16.9 Å². The van der Waals surface area contributed by atoms with Gasteiger partial charge in [-0.3, -0.25) is 14.7 Å². The number of hydrogen-bond donors (Lipinski definition) is 1. The van der Waals surface area contributed by atoms with Crippen LogP contribution in [0.1, 0.15) is 6.92 Å². The van der Waals surface area contributed by atoms with E-state index in [1.165, 1.54) is 11.8 Å². The summed E-state index contributed by atoms with van der Waals surface area (Å²) in [5.74, 6) is -0.435. The highest BCUT2D eigenvalue weighted by atomic mass is 35.5. The number of aromatic nitrogens is 2. The summed E-state index contributed by atoms with van der Waals surface area (Å²) in [6, 6.07) is 17.2. The highest BCUT2D eigenvalue weighted by molar-refractivity contribution is 7.99. The molecule has 1 N–H and O–H groups in total. The number of nitrogens with zero attached hydrogens (tertiary/aromatic N) is 2. The smallest absolute Gasteiger partial charge is 0.413 e. The van der Waals surface area contributed by atoms with Crippen molar-refractivity contribution in [3.8, 4) is 16.9 Å². The van der Waals surface area contributed by atoms with Crippen LogP contribution in [0, 0.1) is 0 Å². The normalized spacial score (nSPS) is 10.5. The molecule has 144 valence electrons. The first-order valence-corrected chi connectivity index (χ1v) is 9.93. The Morgan fingerprint density at radius 1 is 1.18 bits per heavy atom. The number of carbonyl (C=O) groups is 2. The molecule has 3 rings (SSSR count). The van der Waals surface area contributed by atoms with E-state index in [2.05, 4.69) is 10.3 Å². The molecule has 0 aliphatic carbocycles. The molecule has 3 aromatic rings. The van der Waals surface area contributed by atoms with Gasteiger partial charge in [0.25, 0.3) is 0 Å². The van der Waals surface area contributed by atoms with Crippen molar-refractivity contribution in [3.05, 3.63) is 65.8 Å². The molecule has 0 radical (unpaired) electrons. The molecule has 0 aliphatic rings. The lowest BCUT2D eigenvalue weighted by atomic mass is 10.1. The number of alkyl carbamates (subject to hydrolysis) is 1. The molecule has 1 aromatic heterocycles. The molecule has 0 bridgehead atoms. The van der Waals surface area contributed by atoms with Gasteiger partial charge in [0.2, 0.25) is 5.91 Å². The first-order chi connectivity index (χ1) is 13.6. The molecular formula is C20H18ClN3O3S. The van der Waals surface area contributed by atoms with Crippen LogP contribution in [-0.2, 0) is 9.53 Å². The molecule has 0 unspecified atom stereocenters. The first kappa shape index (κ1) is 20.0. The van der Waals surface area contributed by atoms with Gasteiger partial charge in [0.1, 0.15) is 0 Å². The summed E-state index contributed by atoms with van der Waals surface area (Å²) in [6.07, 6.45) is 0.998. The lowest BCUT2D eigenvalue weighted by Gasteiger charge is -2.12. The zero-order valence-electron chi connectivity index (χ0n) is 15.1. The number of hydrogen-bond acceptors (Lipinski definition) is 5. The molecule has 6 nitrogen and oxygen atoms in total. The van der Waals surface area contributed by atoms with Crippen molar-refractivity contribution < 1.29 is 14.3 Å². The Balaban J connectivity index is 1.88. The number of imidazole rings is 1. The maximum Gasteiger partial charge on any atom is 0.413 e. The molecule has 0 atom stereocenters. The van der Waals surface area contributed by atoms with Crippen LogP contribution in [0.3, 0.4) is 0 Å². The van der Waals surface area contributed by atoms with Crippen LogP contribution in [0.15, 0.2) is 66.0 Å². The molecular weight excluding hydrogens is 398 g/mol. The lowest BCUT2D eigenvalue weighted by Crippen LogP contribution is -2.32. The number of rotatable bonds is 6. The van der Waals surface area contributed by atoms with Crippen molar-refractivity contribution in [3.63, 3.8) is 0 Å². The Morgan fingerprint density at radius 2 is 1.96 bits per heavy atom. The van der Waals surface area contributed by atoms with E-state index in [1.54, 1.807) is 19.2 Å².